The van der Waals surface area contributed by atoms with Crippen LogP contribution in [0.15, 0.2) is 66.1 Å². The Kier molecular flexibility index (Phi) is 3.60. The number of fused-ring (bicyclic) bond motifs is 3. The Morgan fingerprint density at radius 2 is 1.73 bits per heavy atom. The highest BCUT2D eigenvalue weighted by Crippen LogP contribution is 2.29. The maximum atomic E-state index is 4.87. The highest BCUT2D eigenvalue weighted by atomic mass is 32.2. The average Bonchev–Trinajstić information content (AvgIpc) is 3.36. The van der Waals surface area contributed by atoms with E-state index in [4.69, 9.17) is 5.10 Å². The number of nitrogens with one attached hydrogen (secondary N) is 1. The van der Waals surface area contributed by atoms with E-state index < -0.39 is 0 Å². The van der Waals surface area contributed by atoms with Gasteiger partial charge in [-0.05, 0) is 0 Å². The van der Waals surface area contributed by atoms with E-state index >= 15 is 0 Å². The van der Waals surface area contributed by atoms with Crippen LogP contribution in [0.5, 0.6) is 0 Å². The van der Waals surface area contributed by atoms with Crippen LogP contribution in [0.4, 0.5) is 0 Å². The van der Waals surface area contributed by atoms with Crippen LogP contribution in [0, 0.1) is 0 Å². The Bertz CT molecular complexity index is 1180. The van der Waals surface area contributed by atoms with Crippen molar-refractivity contribution >= 4 is 28.2 Å². The van der Waals surface area contributed by atoms with Crippen LogP contribution >= 0.6 is 11.8 Å². The molecule has 0 aliphatic rings. The van der Waals surface area contributed by atoms with Gasteiger partial charge in [0, 0.05) is 16.3 Å². The maximum Gasteiger partial charge on any atom is 0.185 e. The van der Waals surface area contributed by atoms with Crippen molar-refractivity contribution in [3.63, 3.8) is 0 Å². The van der Waals surface area contributed by atoms with Crippen molar-refractivity contribution in [2.45, 2.75) is 10.9 Å². The molecule has 5 rings (SSSR count). The molecule has 2 aromatic carbocycles. The van der Waals surface area contributed by atoms with Gasteiger partial charge in [-0.1, -0.05) is 66.4 Å². The fourth-order valence-corrected chi connectivity index (χ4v) is 3.60. The van der Waals surface area contributed by atoms with Crippen molar-refractivity contribution in [1.29, 1.82) is 0 Å². The molecule has 0 atom stereocenters. The number of hydrogen-bond acceptors (Lipinski definition) is 6. The lowest BCUT2D eigenvalue weighted by molar-refractivity contribution is 0.873. The second kappa shape index (κ2) is 6.23. The van der Waals surface area contributed by atoms with Gasteiger partial charge in [0.25, 0.3) is 0 Å². The smallest absolute Gasteiger partial charge is 0.185 e. The lowest BCUT2D eigenvalue weighted by Gasteiger charge is -2.08. The van der Waals surface area contributed by atoms with E-state index in [-0.39, 0.29) is 0 Å². The Balaban J connectivity index is 1.69. The third-order valence-corrected chi connectivity index (χ3v) is 4.98. The highest BCUT2D eigenvalue weighted by molar-refractivity contribution is 7.98. The summed E-state index contributed by atoms with van der Waals surface area (Å²) in [5.41, 5.74) is 2.74. The number of aromatic nitrogens is 7. The van der Waals surface area contributed by atoms with Gasteiger partial charge in [0.15, 0.2) is 16.6 Å². The Morgan fingerprint density at radius 1 is 0.923 bits per heavy atom. The predicted octanol–water partition coefficient (Wildman–Crippen LogP) is 3.35. The van der Waals surface area contributed by atoms with Crippen molar-refractivity contribution in [3.8, 4) is 11.3 Å². The van der Waals surface area contributed by atoms with Gasteiger partial charge < -0.3 is 0 Å². The van der Waals surface area contributed by atoms with Gasteiger partial charge in [0.2, 0.25) is 0 Å². The molecule has 0 aliphatic carbocycles. The summed E-state index contributed by atoms with van der Waals surface area (Å²) in [7, 11) is 0. The molecule has 0 spiro atoms. The summed E-state index contributed by atoms with van der Waals surface area (Å²) < 4.78 is 1.83. The first-order valence-electron chi connectivity index (χ1n) is 8.07. The third-order valence-electron chi connectivity index (χ3n) is 4.11. The van der Waals surface area contributed by atoms with Gasteiger partial charge in [0.1, 0.15) is 6.33 Å². The van der Waals surface area contributed by atoms with Gasteiger partial charge in [0.05, 0.1) is 11.4 Å². The summed E-state index contributed by atoms with van der Waals surface area (Å²) in [4.78, 5) is 4.13. The van der Waals surface area contributed by atoms with Crippen LogP contribution in [0.25, 0.3) is 27.7 Å². The summed E-state index contributed by atoms with van der Waals surface area (Å²) in [6, 6.07) is 18.3. The van der Waals surface area contributed by atoms with Crippen LogP contribution in [0.3, 0.4) is 0 Å². The lowest BCUT2D eigenvalue weighted by atomic mass is 10.1. The van der Waals surface area contributed by atoms with Crippen molar-refractivity contribution in [3.05, 3.63) is 66.7 Å². The van der Waals surface area contributed by atoms with E-state index in [1.165, 1.54) is 18.1 Å². The summed E-state index contributed by atoms with van der Waals surface area (Å²) >= 11 is 1.51. The monoisotopic (exact) mass is 359 g/mol. The van der Waals surface area contributed by atoms with Crippen molar-refractivity contribution in [2.75, 3.05) is 0 Å². The molecule has 0 bridgehead atoms. The number of aromatic amines is 1. The first-order valence-corrected chi connectivity index (χ1v) is 9.05. The van der Waals surface area contributed by atoms with Gasteiger partial charge in [-0.3, -0.25) is 5.10 Å². The molecule has 7 nitrogen and oxygen atoms in total. The van der Waals surface area contributed by atoms with Crippen LogP contribution < -0.4 is 0 Å². The summed E-state index contributed by atoms with van der Waals surface area (Å²) in [6.07, 6.45) is 1.49. The van der Waals surface area contributed by atoms with Gasteiger partial charge in [-0.2, -0.15) is 14.7 Å². The highest BCUT2D eigenvalue weighted by Gasteiger charge is 2.15. The van der Waals surface area contributed by atoms with Gasteiger partial charge in [-0.15, -0.1) is 10.2 Å². The summed E-state index contributed by atoms with van der Waals surface area (Å²) in [5, 5.41) is 23.1. The molecule has 5 aromatic rings. The molecule has 0 aliphatic heterocycles. The number of benzene rings is 2. The second-order valence-electron chi connectivity index (χ2n) is 5.69. The van der Waals surface area contributed by atoms with E-state index in [1.54, 1.807) is 0 Å². The molecule has 126 valence electrons. The molecule has 0 fully saturated rings. The first-order chi connectivity index (χ1) is 12.9. The zero-order valence-corrected chi connectivity index (χ0v) is 14.4. The van der Waals surface area contributed by atoms with Crippen LogP contribution in [-0.4, -0.2) is 35.0 Å². The van der Waals surface area contributed by atoms with E-state index in [0.29, 0.717) is 5.75 Å². The number of nitrogens with zero attached hydrogens (tertiary/aromatic N) is 6. The number of thioether (sulfide) groups is 1. The lowest BCUT2D eigenvalue weighted by Crippen LogP contribution is -2.01. The zero-order chi connectivity index (χ0) is 17.3. The minimum Gasteiger partial charge on any atom is -0.254 e. The Morgan fingerprint density at radius 3 is 2.54 bits per heavy atom. The molecule has 8 heteroatoms. The summed E-state index contributed by atoms with van der Waals surface area (Å²) in [6.45, 7) is 0. The normalized spacial score (nSPS) is 11.4. The van der Waals surface area contributed by atoms with Crippen LogP contribution in [0.1, 0.15) is 5.82 Å². The van der Waals surface area contributed by atoms with E-state index in [1.807, 2.05) is 34.8 Å². The molecule has 1 N–H and O–H groups in total. The number of H-pyrrole nitrogens is 1. The average molecular weight is 359 g/mol. The minimum absolute atomic E-state index is 0.593. The molecule has 0 unspecified atom stereocenters. The standard InChI is InChI=1S/C18H13N7S/c1-2-6-12(7-3-1)16-13-8-4-5-9-14(13)17-22-21-15(25(17)24-16)10-26-18-19-11-20-23-18/h1-9,11H,10H2,(H,19,20,23). The van der Waals surface area contributed by atoms with Crippen LogP contribution in [-0.2, 0) is 5.75 Å². The number of rotatable bonds is 4. The SMILES string of the molecule is c1ccc(-c2nn3c(CSc4ncn[nH]4)nnc3c3ccccc23)cc1. The van der Waals surface area contributed by atoms with Crippen molar-refractivity contribution in [2.24, 2.45) is 0 Å². The molecule has 0 saturated heterocycles. The molecule has 0 saturated carbocycles. The fraction of sp³-hybridized carbons (Fsp3) is 0.0556. The molecule has 3 heterocycles. The van der Waals surface area contributed by atoms with E-state index in [9.17, 15) is 0 Å². The Labute approximate surface area is 152 Å². The van der Waals surface area contributed by atoms with Gasteiger partial charge in [-0.25, -0.2) is 4.98 Å². The van der Waals surface area contributed by atoms with Crippen molar-refractivity contribution in [1.82, 2.24) is 35.0 Å². The van der Waals surface area contributed by atoms with Crippen LogP contribution in [0.2, 0.25) is 0 Å². The molecule has 0 radical (unpaired) electrons. The second-order valence-corrected chi connectivity index (χ2v) is 6.66. The topological polar surface area (TPSA) is 84.6 Å². The quantitative estimate of drug-likeness (QED) is 0.495. The van der Waals surface area contributed by atoms with E-state index in [2.05, 4.69) is 49.6 Å². The predicted molar refractivity (Wildman–Crippen MR) is 99.7 cm³/mol. The molecule has 26 heavy (non-hydrogen) atoms. The third kappa shape index (κ3) is 2.51. The molecular weight excluding hydrogens is 346 g/mol. The number of hydrogen-bond donors (Lipinski definition) is 1. The largest absolute Gasteiger partial charge is 0.254 e. The fourth-order valence-electron chi connectivity index (χ4n) is 2.92. The zero-order valence-electron chi connectivity index (χ0n) is 13.6. The van der Waals surface area contributed by atoms with E-state index in [0.717, 1.165) is 38.7 Å². The van der Waals surface area contributed by atoms with Crippen molar-refractivity contribution < 1.29 is 0 Å². The minimum atomic E-state index is 0.593. The molecular formula is C18H13N7S. The molecule has 0 amide bonds. The Hall–Kier alpha value is -3.26. The first kappa shape index (κ1) is 15.0. The maximum absolute atomic E-state index is 4.87. The summed E-state index contributed by atoms with van der Waals surface area (Å²) in [5.74, 6) is 1.36. The van der Waals surface area contributed by atoms with Gasteiger partial charge >= 0.3 is 0 Å². The molecule has 3 aromatic heterocycles.